The highest BCUT2D eigenvalue weighted by molar-refractivity contribution is 7.71. The summed E-state index contributed by atoms with van der Waals surface area (Å²) in [5.41, 5.74) is 4.45. The zero-order valence-electron chi connectivity index (χ0n) is 19.1. The van der Waals surface area contributed by atoms with E-state index in [0.29, 0.717) is 16.5 Å². The van der Waals surface area contributed by atoms with Gasteiger partial charge in [-0.1, -0.05) is 29.8 Å². The zero-order valence-corrected chi connectivity index (χ0v) is 20.6. The van der Waals surface area contributed by atoms with Gasteiger partial charge in [0.1, 0.15) is 0 Å². The van der Waals surface area contributed by atoms with E-state index in [2.05, 4.69) is 17.0 Å². The molecular formula is C26H25ClN4O2S. The standard InChI is InChI=1S/C26H25ClN4O2S/c1-32-23-14-19-12-13-29(16-20(19)15-24(23)33-2)17-30-26(34)31(22-6-4-3-5-7-22)25(28-30)18-8-10-21(27)11-9-18/h3-11,14-15H,12-13,16-17H2,1-2H3. The second kappa shape index (κ2) is 9.62. The molecule has 4 aromatic rings. The molecule has 0 radical (unpaired) electrons. The first-order valence-electron chi connectivity index (χ1n) is 11.0. The van der Waals surface area contributed by atoms with Gasteiger partial charge in [0.05, 0.1) is 20.9 Å². The Kier molecular flexibility index (Phi) is 6.41. The first kappa shape index (κ1) is 22.7. The number of halogens is 1. The Labute approximate surface area is 208 Å². The molecule has 0 spiro atoms. The summed E-state index contributed by atoms with van der Waals surface area (Å²) in [5.74, 6) is 2.31. The van der Waals surface area contributed by atoms with Crippen molar-refractivity contribution in [2.75, 3.05) is 20.8 Å². The van der Waals surface area contributed by atoms with Gasteiger partial charge in [-0.25, -0.2) is 4.68 Å². The predicted molar refractivity (Wildman–Crippen MR) is 136 cm³/mol. The summed E-state index contributed by atoms with van der Waals surface area (Å²) in [4.78, 5) is 2.35. The van der Waals surface area contributed by atoms with Gasteiger partial charge in [-0.2, -0.15) is 0 Å². The molecule has 0 N–H and O–H groups in total. The highest BCUT2D eigenvalue weighted by Gasteiger charge is 2.22. The van der Waals surface area contributed by atoms with Crippen molar-refractivity contribution in [1.82, 2.24) is 19.2 Å². The summed E-state index contributed by atoms with van der Waals surface area (Å²) in [6, 6.07) is 21.9. The van der Waals surface area contributed by atoms with Crippen molar-refractivity contribution >= 4 is 23.8 Å². The van der Waals surface area contributed by atoms with Crippen LogP contribution in [0.3, 0.4) is 0 Å². The second-order valence-corrected chi connectivity index (χ2v) is 9.01. The maximum Gasteiger partial charge on any atom is 0.204 e. The summed E-state index contributed by atoms with van der Waals surface area (Å²) in [7, 11) is 3.33. The lowest BCUT2D eigenvalue weighted by atomic mass is 9.99. The van der Waals surface area contributed by atoms with E-state index in [9.17, 15) is 0 Å². The molecule has 1 aliphatic heterocycles. The van der Waals surface area contributed by atoms with Crippen LogP contribution in [0.15, 0.2) is 66.7 Å². The minimum absolute atomic E-state index is 0.590. The van der Waals surface area contributed by atoms with E-state index in [-0.39, 0.29) is 0 Å². The molecule has 0 bridgehead atoms. The molecule has 1 aromatic heterocycles. The third kappa shape index (κ3) is 4.34. The zero-order chi connectivity index (χ0) is 23.7. The number of hydrogen-bond acceptors (Lipinski definition) is 5. The molecule has 8 heteroatoms. The van der Waals surface area contributed by atoms with E-state index >= 15 is 0 Å². The van der Waals surface area contributed by atoms with E-state index < -0.39 is 0 Å². The van der Waals surface area contributed by atoms with Crippen molar-refractivity contribution in [2.45, 2.75) is 19.6 Å². The van der Waals surface area contributed by atoms with E-state index in [1.54, 1.807) is 14.2 Å². The monoisotopic (exact) mass is 492 g/mol. The fraction of sp³-hybridized carbons (Fsp3) is 0.231. The molecule has 1 aliphatic rings. The van der Waals surface area contributed by atoms with E-state index in [1.165, 1.54) is 11.1 Å². The van der Waals surface area contributed by atoms with Crippen LogP contribution in [0.4, 0.5) is 0 Å². The van der Waals surface area contributed by atoms with E-state index in [1.807, 2.05) is 63.8 Å². The van der Waals surface area contributed by atoms with Gasteiger partial charge < -0.3 is 9.47 Å². The Morgan fingerprint density at radius 3 is 2.29 bits per heavy atom. The molecule has 3 aromatic carbocycles. The average molecular weight is 493 g/mol. The lowest BCUT2D eigenvalue weighted by molar-refractivity contribution is 0.187. The van der Waals surface area contributed by atoms with Crippen molar-refractivity contribution in [1.29, 1.82) is 0 Å². The van der Waals surface area contributed by atoms with Crippen molar-refractivity contribution in [3.63, 3.8) is 0 Å². The molecule has 6 nitrogen and oxygen atoms in total. The van der Waals surface area contributed by atoms with Gasteiger partial charge in [0, 0.05) is 29.4 Å². The molecule has 0 amide bonds. The van der Waals surface area contributed by atoms with Crippen molar-refractivity contribution in [2.24, 2.45) is 0 Å². The normalized spacial score (nSPS) is 13.5. The Hall–Kier alpha value is -3.13. The van der Waals surface area contributed by atoms with Gasteiger partial charge in [-0.15, -0.1) is 5.10 Å². The number of para-hydroxylation sites is 1. The Bertz CT molecular complexity index is 1370. The number of methoxy groups -OCH3 is 2. The molecule has 0 saturated carbocycles. The number of fused-ring (bicyclic) bond motifs is 1. The number of nitrogens with zero attached hydrogens (tertiary/aromatic N) is 4. The van der Waals surface area contributed by atoms with Gasteiger partial charge in [-0.3, -0.25) is 9.47 Å². The number of benzene rings is 3. The molecule has 0 atom stereocenters. The Morgan fingerprint density at radius 1 is 0.941 bits per heavy atom. The minimum Gasteiger partial charge on any atom is -0.493 e. The molecule has 0 unspecified atom stereocenters. The summed E-state index contributed by atoms with van der Waals surface area (Å²) in [6.07, 6.45) is 0.923. The van der Waals surface area contributed by atoms with Crippen molar-refractivity contribution in [3.8, 4) is 28.6 Å². The fourth-order valence-corrected chi connectivity index (χ4v) is 4.76. The Balaban J connectivity index is 1.49. The first-order chi connectivity index (χ1) is 16.6. The van der Waals surface area contributed by atoms with Crippen LogP contribution >= 0.6 is 23.8 Å². The SMILES string of the molecule is COc1cc2c(cc1OC)CN(Cn1nc(-c3ccc(Cl)cc3)n(-c3ccccc3)c1=S)CC2. The van der Waals surface area contributed by atoms with E-state index in [4.69, 9.17) is 38.4 Å². The number of rotatable bonds is 6. The molecule has 0 saturated heterocycles. The van der Waals surface area contributed by atoms with Crippen LogP contribution in [0.25, 0.3) is 17.1 Å². The van der Waals surface area contributed by atoms with Crippen LogP contribution in [0.1, 0.15) is 11.1 Å². The largest absolute Gasteiger partial charge is 0.493 e. The van der Waals surface area contributed by atoms with Gasteiger partial charge >= 0.3 is 0 Å². The number of ether oxygens (including phenoxy) is 2. The van der Waals surface area contributed by atoms with Crippen LogP contribution in [-0.4, -0.2) is 40.0 Å². The lowest BCUT2D eigenvalue weighted by Gasteiger charge is -2.29. The van der Waals surface area contributed by atoms with Crippen LogP contribution in [0.2, 0.25) is 5.02 Å². The maximum atomic E-state index is 6.13. The molecule has 2 heterocycles. The molecule has 0 aliphatic carbocycles. The van der Waals surface area contributed by atoms with Gasteiger partial charge in [0.2, 0.25) is 4.77 Å². The molecule has 34 heavy (non-hydrogen) atoms. The van der Waals surface area contributed by atoms with Crippen molar-refractivity contribution in [3.05, 3.63) is 87.7 Å². The molecule has 0 fully saturated rings. The van der Waals surface area contributed by atoms with Crippen LogP contribution < -0.4 is 9.47 Å². The third-order valence-electron chi connectivity index (χ3n) is 6.09. The van der Waals surface area contributed by atoms with Gasteiger partial charge in [0.15, 0.2) is 17.3 Å². The average Bonchev–Trinajstić information content (AvgIpc) is 3.19. The van der Waals surface area contributed by atoms with Crippen molar-refractivity contribution < 1.29 is 9.47 Å². The molecule has 174 valence electrons. The highest BCUT2D eigenvalue weighted by atomic mass is 35.5. The smallest absolute Gasteiger partial charge is 0.204 e. The van der Waals surface area contributed by atoms with E-state index in [0.717, 1.165) is 48.1 Å². The summed E-state index contributed by atoms with van der Waals surface area (Å²) < 4.78 is 15.5. The van der Waals surface area contributed by atoms with Crippen LogP contribution in [0, 0.1) is 4.77 Å². The quantitative estimate of drug-likeness (QED) is 0.320. The van der Waals surface area contributed by atoms with Crippen LogP contribution in [0.5, 0.6) is 11.5 Å². The first-order valence-corrected chi connectivity index (χ1v) is 11.8. The molecule has 5 rings (SSSR count). The van der Waals surface area contributed by atoms with Gasteiger partial charge in [-0.05, 0) is 78.3 Å². The molecular weight excluding hydrogens is 468 g/mol. The summed E-state index contributed by atoms with van der Waals surface area (Å²) in [5, 5.41) is 5.63. The van der Waals surface area contributed by atoms with Gasteiger partial charge in [0.25, 0.3) is 0 Å². The fourth-order valence-electron chi connectivity index (χ4n) is 4.35. The maximum absolute atomic E-state index is 6.13. The van der Waals surface area contributed by atoms with Crippen LogP contribution in [-0.2, 0) is 19.6 Å². The minimum atomic E-state index is 0.590. The highest BCUT2D eigenvalue weighted by Crippen LogP contribution is 2.33. The summed E-state index contributed by atoms with van der Waals surface area (Å²) in [6.45, 7) is 2.28. The topological polar surface area (TPSA) is 44.5 Å². The second-order valence-electron chi connectivity index (χ2n) is 8.20. The third-order valence-corrected chi connectivity index (χ3v) is 6.73. The number of hydrogen-bond donors (Lipinski definition) is 0. The number of aromatic nitrogens is 3. The lowest BCUT2D eigenvalue weighted by Crippen LogP contribution is -2.32. The summed E-state index contributed by atoms with van der Waals surface area (Å²) >= 11 is 12.0. The Morgan fingerprint density at radius 2 is 1.62 bits per heavy atom. The predicted octanol–water partition coefficient (Wildman–Crippen LogP) is 5.76.